The van der Waals surface area contributed by atoms with E-state index in [1.807, 2.05) is 0 Å². The number of aromatic amines is 1. The molecule has 0 atom stereocenters. The van der Waals surface area contributed by atoms with E-state index in [0.29, 0.717) is 21.6 Å². The van der Waals surface area contributed by atoms with Crippen LogP contribution in [0.15, 0.2) is 29.6 Å². The predicted octanol–water partition coefficient (Wildman–Crippen LogP) is 2.50. The summed E-state index contributed by atoms with van der Waals surface area (Å²) in [5.74, 6) is -0.843. The molecule has 2 rings (SSSR count). The number of ether oxygens (including phenoxy) is 1. The molecule has 0 fully saturated rings. The first kappa shape index (κ1) is 16.2. The number of hydrogen-bond donors (Lipinski definition) is 3. The van der Waals surface area contributed by atoms with Crippen molar-refractivity contribution in [2.24, 2.45) is 0 Å². The molecule has 0 saturated carbocycles. The molecule has 0 saturated heterocycles. The third-order valence-corrected chi connectivity index (χ3v) is 3.75. The van der Waals surface area contributed by atoms with Crippen molar-refractivity contribution in [3.63, 3.8) is 0 Å². The summed E-state index contributed by atoms with van der Waals surface area (Å²) in [5, 5.41) is 12.2. The molecule has 0 aliphatic heterocycles. The van der Waals surface area contributed by atoms with Gasteiger partial charge in [-0.1, -0.05) is 23.4 Å². The Kier molecular flexibility index (Phi) is 5.29. The van der Waals surface area contributed by atoms with Gasteiger partial charge in [0.05, 0.1) is 17.9 Å². The average molecular weight is 342 g/mol. The Morgan fingerprint density at radius 3 is 2.91 bits per heavy atom. The highest BCUT2D eigenvalue weighted by Crippen LogP contribution is 2.27. The van der Waals surface area contributed by atoms with Gasteiger partial charge in [-0.25, -0.2) is 9.78 Å². The first-order valence-corrected chi connectivity index (χ1v) is 7.41. The summed E-state index contributed by atoms with van der Waals surface area (Å²) in [4.78, 5) is 29.0. The van der Waals surface area contributed by atoms with Crippen LogP contribution in [0.4, 0.5) is 5.69 Å². The first-order valence-electron chi connectivity index (χ1n) is 6.04. The van der Waals surface area contributed by atoms with E-state index < -0.39 is 5.97 Å². The second-order valence-corrected chi connectivity index (χ2v) is 5.45. The second-order valence-electron chi connectivity index (χ2n) is 4.08. The third-order valence-electron chi connectivity index (χ3n) is 2.55. The lowest BCUT2D eigenvalue weighted by Crippen LogP contribution is -2.14. The molecule has 0 bridgehead atoms. The molecule has 0 aliphatic carbocycles. The minimum Gasteiger partial charge on any atom is -0.495 e. The van der Waals surface area contributed by atoms with E-state index in [9.17, 15) is 9.59 Å². The second kappa shape index (κ2) is 7.19. The number of carboxylic acids is 1. The van der Waals surface area contributed by atoms with Gasteiger partial charge >= 0.3 is 5.97 Å². The molecule has 1 heterocycles. The molecule has 0 radical (unpaired) electrons. The Labute approximate surface area is 135 Å². The van der Waals surface area contributed by atoms with E-state index >= 15 is 0 Å². The maximum Gasteiger partial charge on any atom is 0.356 e. The predicted molar refractivity (Wildman–Crippen MR) is 82.9 cm³/mol. The quantitative estimate of drug-likeness (QED) is 0.697. The number of carbonyl (C=O) groups excluding carboxylic acids is 1. The average Bonchev–Trinajstić information content (AvgIpc) is 2.96. The van der Waals surface area contributed by atoms with E-state index in [1.165, 1.54) is 13.3 Å². The number of carbonyl (C=O) groups is 2. The Hall–Kier alpha value is -2.19. The van der Waals surface area contributed by atoms with Crippen molar-refractivity contribution in [2.45, 2.75) is 5.16 Å². The molecule has 2 aromatic rings. The van der Waals surface area contributed by atoms with Crippen LogP contribution in [-0.4, -0.2) is 39.8 Å². The molecule has 1 aromatic carbocycles. The van der Waals surface area contributed by atoms with Crippen molar-refractivity contribution >= 4 is 40.9 Å². The van der Waals surface area contributed by atoms with Gasteiger partial charge in [-0.3, -0.25) is 4.79 Å². The van der Waals surface area contributed by atoms with Gasteiger partial charge in [0.2, 0.25) is 5.91 Å². The van der Waals surface area contributed by atoms with Crippen LogP contribution in [-0.2, 0) is 4.79 Å². The lowest BCUT2D eigenvalue weighted by atomic mass is 10.3. The lowest BCUT2D eigenvalue weighted by molar-refractivity contribution is -0.113. The van der Waals surface area contributed by atoms with Gasteiger partial charge in [-0.2, -0.15) is 0 Å². The minimum atomic E-state index is -1.12. The maximum absolute atomic E-state index is 11.8. The summed E-state index contributed by atoms with van der Waals surface area (Å²) in [6.07, 6.45) is 1.27. The van der Waals surface area contributed by atoms with Crippen LogP contribution in [0.2, 0.25) is 5.02 Å². The van der Waals surface area contributed by atoms with E-state index in [-0.39, 0.29) is 17.4 Å². The fourth-order valence-electron chi connectivity index (χ4n) is 1.56. The molecule has 1 amide bonds. The number of amides is 1. The molecule has 3 N–H and O–H groups in total. The molecule has 0 unspecified atom stereocenters. The maximum atomic E-state index is 11.8. The largest absolute Gasteiger partial charge is 0.495 e. The standard InChI is InChI=1S/C13H12ClN3O4S/c1-21-10-4-7(2-3-8(10)14)16-11(18)6-22-13-15-5-9(17-13)12(19)20/h2-5H,6H2,1H3,(H,15,17)(H,16,18)(H,19,20). The molecule has 116 valence electrons. The van der Waals surface area contributed by atoms with Gasteiger partial charge in [0.1, 0.15) is 5.75 Å². The monoisotopic (exact) mass is 341 g/mol. The van der Waals surface area contributed by atoms with Crippen LogP contribution in [0.25, 0.3) is 0 Å². The van der Waals surface area contributed by atoms with Crippen molar-refractivity contribution in [1.29, 1.82) is 0 Å². The van der Waals surface area contributed by atoms with Gasteiger partial charge in [-0.15, -0.1) is 0 Å². The molecule has 22 heavy (non-hydrogen) atoms. The molecular weight excluding hydrogens is 330 g/mol. The number of carboxylic acid groups (broad SMARTS) is 1. The summed E-state index contributed by atoms with van der Waals surface area (Å²) in [5.41, 5.74) is 0.461. The number of methoxy groups -OCH3 is 1. The number of benzene rings is 1. The van der Waals surface area contributed by atoms with E-state index in [4.69, 9.17) is 21.4 Å². The van der Waals surface area contributed by atoms with Crippen LogP contribution in [0.5, 0.6) is 5.75 Å². The number of imidazole rings is 1. The number of anilines is 1. The normalized spacial score (nSPS) is 10.3. The third kappa shape index (κ3) is 4.15. The molecule has 7 nitrogen and oxygen atoms in total. The lowest BCUT2D eigenvalue weighted by Gasteiger charge is -2.07. The molecular formula is C13H12ClN3O4S. The SMILES string of the molecule is COc1cc(NC(=O)CSc2nc(C(=O)O)c[nH]2)ccc1Cl. The van der Waals surface area contributed by atoms with Gasteiger partial charge in [0.25, 0.3) is 0 Å². The Balaban J connectivity index is 1.91. The summed E-state index contributed by atoms with van der Waals surface area (Å²) in [6, 6.07) is 4.89. The number of H-pyrrole nitrogens is 1. The van der Waals surface area contributed by atoms with Crippen molar-refractivity contribution in [3.8, 4) is 5.75 Å². The van der Waals surface area contributed by atoms with Crippen molar-refractivity contribution in [1.82, 2.24) is 9.97 Å². The highest BCUT2D eigenvalue weighted by atomic mass is 35.5. The zero-order chi connectivity index (χ0) is 16.1. The van der Waals surface area contributed by atoms with Crippen LogP contribution in [0, 0.1) is 0 Å². The summed E-state index contributed by atoms with van der Waals surface area (Å²) >= 11 is 7.00. The number of thioether (sulfide) groups is 1. The zero-order valence-electron chi connectivity index (χ0n) is 11.4. The van der Waals surface area contributed by atoms with Crippen LogP contribution < -0.4 is 10.1 Å². The van der Waals surface area contributed by atoms with Crippen molar-refractivity contribution in [2.75, 3.05) is 18.2 Å². The van der Waals surface area contributed by atoms with Crippen LogP contribution in [0.1, 0.15) is 10.5 Å². The van der Waals surface area contributed by atoms with Gasteiger partial charge in [0.15, 0.2) is 10.9 Å². The van der Waals surface area contributed by atoms with E-state index in [2.05, 4.69) is 15.3 Å². The highest BCUT2D eigenvalue weighted by Gasteiger charge is 2.11. The topological polar surface area (TPSA) is 104 Å². The zero-order valence-corrected chi connectivity index (χ0v) is 13.0. The minimum absolute atomic E-state index is 0.0809. The van der Waals surface area contributed by atoms with Gasteiger partial charge in [-0.05, 0) is 12.1 Å². The molecule has 0 spiro atoms. The Bertz CT molecular complexity index is 704. The van der Waals surface area contributed by atoms with Crippen molar-refractivity contribution < 1.29 is 19.4 Å². The summed E-state index contributed by atoms with van der Waals surface area (Å²) in [7, 11) is 1.49. The Morgan fingerprint density at radius 2 is 2.27 bits per heavy atom. The van der Waals surface area contributed by atoms with Crippen LogP contribution >= 0.6 is 23.4 Å². The summed E-state index contributed by atoms with van der Waals surface area (Å²) < 4.78 is 5.06. The fraction of sp³-hybridized carbons (Fsp3) is 0.154. The molecule has 1 aromatic heterocycles. The number of halogens is 1. The van der Waals surface area contributed by atoms with Crippen LogP contribution in [0.3, 0.4) is 0 Å². The highest BCUT2D eigenvalue weighted by molar-refractivity contribution is 7.99. The van der Waals surface area contributed by atoms with Gasteiger partial charge in [0, 0.05) is 18.0 Å². The number of nitrogens with one attached hydrogen (secondary N) is 2. The summed E-state index contributed by atoms with van der Waals surface area (Å²) in [6.45, 7) is 0. The van der Waals surface area contributed by atoms with E-state index in [1.54, 1.807) is 18.2 Å². The fourth-order valence-corrected chi connectivity index (χ4v) is 2.40. The Morgan fingerprint density at radius 1 is 1.50 bits per heavy atom. The number of rotatable bonds is 6. The number of aromatic carboxylic acids is 1. The number of nitrogens with zero attached hydrogens (tertiary/aromatic N) is 1. The van der Waals surface area contributed by atoms with Gasteiger partial charge < -0.3 is 20.1 Å². The molecule has 9 heteroatoms. The van der Waals surface area contributed by atoms with Crippen molar-refractivity contribution in [3.05, 3.63) is 35.1 Å². The number of hydrogen-bond acceptors (Lipinski definition) is 5. The first-order chi connectivity index (χ1) is 10.5. The number of aromatic nitrogens is 2. The molecule has 0 aliphatic rings. The van der Waals surface area contributed by atoms with E-state index in [0.717, 1.165) is 11.8 Å². The smallest absolute Gasteiger partial charge is 0.356 e.